The van der Waals surface area contributed by atoms with Gasteiger partial charge in [-0.05, 0) is 52.1 Å². The highest BCUT2D eigenvalue weighted by Crippen LogP contribution is 2.21. The topological polar surface area (TPSA) is 50.2 Å². The van der Waals surface area contributed by atoms with Crippen LogP contribution in [0.5, 0.6) is 0 Å². The van der Waals surface area contributed by atoms with E-state index >= 15 is 0 Å². The standard InChI is InChI=1S/C18H26N4O/c1-6-10-22-14(3)17(13(2)20-22)19-18(23)16-9-7-8-15(11-16)12-21(4)5/h7-9,11H,6,10,12H2,1-5H3,(H,19,23). The van der Waals surface area contributed by atoms with Crippen molar-refractivity contribution in [3.05, 3.63) is 46.8 Å². The number of nitrogens with zero attached hydrogens (tertiary/aromatic N) is 3. The molecule has 0 saturated carbocycles. The van der Waals surface area contributed by atoms with Crippen LogP contribution in [0, 0.1) is 13.8 Å². The number of nitrogens with one attached hydrogen (secondary N) is 1. The molecular formula is C18H26N4O. The molecule has 2 aromatic rings. The normalized spacial score (nSPS) is 11.0. The van der Waals surface area contributed by atoms with Gasteiger partial charge in [0.05, 0.1) is 17.1 Å². The van der Waals surface area contributed by atoms with Crippen LogP contribution in [-0.2, 0) is 13.1 Å². The third-order valence-electron chi connectivity index (χ3n) is 3.74. The van der Waals surface area contributed by atoms with Gasteiger partial charge in [0.1, 0.15) is 0 Å². The average Bonchev–Trinajstić information content (AvgIpc) is 2.75. The summed E-state index contributed by atoms with van der Waals surface area (Å²) in [4.78, 5) is 14.6. The van der Waals surface area contributed by atoms with Crippen molar-refractivity contribution in [2.24, 2.45) is 0 Å². The summed E-state index contributed by atoms with van der Waals surface area (Å²) in [6.07, 6.45) is 1.02. The molecule has 0 spiro atoms. The molecule has 0 aliphatic rings. The monoisotopic (exact) mass is 314 g/mol. The molecule has 124 valence electrons. The summed E-state index contributed by atoms with van der Waals surface area (Å²) in [7, 11) is 4.03. The lowest BCUT2D eigenvalue weighted by Gasteiger charge is -2.11. The number of hydrogen-bond donors (Lipinski definition) is 1. The van der Waals surface area contributed by atoms with E-state index in [-0.39, 0.29) is 5.91 Å². The summed E-state index contributed by atoms with van der Waals surface area (Å²) < 4.78 is 1.95. The second kappa shape index (κ2) is 7.42. The van der Waals surface area contributed by atoms with E-state index in [2.05, 4.69) is 22.2 Å². The van der Waals surface area contributed by atoms with Crippen LogP contribution in [0.15, 0.2) is 24.3 Å². The molecule has 0 fully saturated rings. The number of anilines is 1. The molecule has 1 aromatic heterocycles. The van der Waals surface area contributed by atoms with Crippen molar-refractivity contribution in [3.63, 3.8) is 0 Å². The Hall–Kier alpha value is -2.14. The Bertz CT molecular complexity index is 688. The molecule has 1 heterocycles. The van der Waals surface area contributed by atoms with E-state index in [0.29, 0.717) is 5.56 Å². The van der Waals surface area contributed by atoms with Crippen LogP contribution in [-0.4, -0.2) is 34.7 Å². The molecule has 1 N–H and O–H groups in total. The zero-order chi connectivity index (χ0) is 17.0. The predicted molar refractivity (Wildman–Crippen MR) is 93.8 cm³/mol. The Kier molecular flexibility index (Phi) is 5.55. The van der Waals surface area contributed by atoms with Gasteiger partial charge in [0.15, 0.2) is 0 Å². The second-order valence-corrected chi connectivity index (χ2v) is 6.16. The summed E-state index contributed by atoms with van der Waals surface area (Å²) in [5.74, 6) is -0.0899. The molecule has 1 amide bonds. The molecule has 0 bridgehead atoms. The maximum Gasteiger partial charge on any atom is 0.255 e. The molecule has 5 nitrogen and oxygen atoms in total. The van der Waals surface area contributed by atoms with Gasteiger partial charge < -0.3 is 10.2 Å². The average molecular weight is 314 g/mol. The number of rotatable bonds is 6. The highest BCUT2D eigenvalue weighted by Gasteiger charge is 2.15. The van der Waals surface area contributed by atoms with Gasteiger partial charge in [-0.25, -0.2) is 0 Å². The van der Waals surface area contributed by atoms with Crippen molar-refractivity contribution in [2.45, 2.75) is 40.3 Å². The first kappa shape index (κ1) is 17.2. The van der Waals surface area contributed by atoms with Gasteiger partial charge in [0.25, 0.3) is 5.91 Å². The fourth-order valence-electron chi connectivity index (χ4n) is 2.67. The van der Waals surface area contributed by atoms with Gasteiger partial charge in [0, 0.05) is 18.7 Å². The van der Waals surface area contributed by atoms with Gasteiger partial charge in [-0.2, -0.15) is 5.10 Å². The smallest absolute Gasteiger partial charge is 0.255 e. The first-order chi connectivity index (χ1) is 10.9. The van der Waals surface area contributed by atoms with Crippen LogP contribution in [0.1, 0.15) is 40.7 Å². The van der Waals surface area contributed by atoms with Crippen molar-refractivity contribution >= 4 is 11.6 Å². The number of aryl methyl sites for hydroxylation is 2. The molecule has 2 rings (SSSR count). The Morgan fingerprint density at radius 2 is 2.04 bits per heavy atom. The van der Waals surface area contributed by atoms with E-state index < -0.39 is 0 Å². The maximum absolute atomic E-state index is 12.6. The van der Waals surface area contributed by atoms with E-state index in [1.165, 1.54) is 0 Å². The largest absolute Gasteiger partial charge is 0.319 e. The SMILES string of the molecule is CCCn1nc(C)c(NC(=O)c2cccc(CN(C)C)c2)c1C. The van der Waals surface area contributed by atoms with Crippen molar-refractivity contribution < 1.29 is 4.79 Å². The molecular weight excluding hydrogens is 288 g/mol. The van der Waals surface area contributed by atoms with E-state index in [9.17, 15) is 4.79 Å². The molecule has 5 heteroatoms. The van der Waals surface area contributed by atoms with Crippen LogP contribution in [0.2, 0.25) is 0 Å². The van der Waals surface area contributed by atoms with Gasteiger partial charge in [0.2, 0.25) is 0 Å². The Morgan fingerprint density at radius 1 is 1.30 bits per heavy atom. The predicted octanol–water partition coefficient (Wildman–Crippen LogP) is 3.22. The summed E-state index contributed by atoms with van der Waals surface area (Å²) in [6, 6.07) is 7.74. The fourth-order valence-corrected chi connectivity index (χ4v) is 2.67. The van der Waals surface area contributed by atoms with E-state index in [4.69, 9.17) is 0 Å². The summed E-state index contributed by atoms with van der Waals surface area (Å²) in [6.45, 7) is 7.71. The molecule has 0 aliphatic heterocycles. The Labute approximate surface area is 138 Å². The second-order valence-electron chi connectivity index (χ2n) is 6.16. The fraction of sp³-hybridized carbons (Fsp3) is 0.444. The number of amides is 1. The quantitative estimate of drug-likeness (QED) is 0.890. The van der Waals surface area contributed by atoms with Crippen molar-refractivity contribution in [1.82, 2.24) is 14.7 Å². The molecule has 0 atom stereocenters. The highest BCUT2D eigenvalue weighted by atomic mass is 16.1. The lowest BCUT2D eigenvalue weighted by atomic mass is 10.1. The van der Waals surface area contributed by atoms with Gasteiger partial charge in [-0.1, -0.05) is 19.1 Å². The molecule has 23 heavy (non-hydrogen) atoms. The third-order valence-corrected chi connectivity index (χ3v) is 3.74. The van der Waals surface area contributed by atoms with Crippen molar-refractivity contribution in [2.75, 3.05) is 19.4 Å². The van der Waals surface area contributed by atoms with E-state index in [1.807, 2.05) is 56.9 Å². The highest BCUT2D eigenvalue weighted by molar-refractivity contribution is 6.05. The number of hydrogen-bond acceptors (Lipinski definition) is 3. The van der Waals surface area contributed by atoms with Crippen LogP contribution in [0.3, 0.4) is 0 Å². The summed E-state index contributed by atoms with van der Waals surface area (Å²) >= 11 is 0. The van der Waals surface area contributed by atoms with Crippen molar-refractivity contribution in [3.8, 4) is 0 Å². The molecule has 0 saturated heterocycles. The zero-order valence-corrected chi connectivity index (χ0v) is 14.7. The molecule has 0 unspecified atom stereocenters. The van der Waals surface area contributed by atoms with Crippen LogP contribution < -0.4 is 5.32 Å². The van der Waals surface area contributed by atoms with Crippen LogP contribution >= 0.6 is 0 Å². The lowest BCUT2D eigenvalue weighted by Crippen LogP contribution is -2.15. The Balaban J connectivity index is 2.19. The van der Waals surface area contributed by atoms with Gasteiger partial charge >= 0.3 is 0 Å². The zero-order valence-electron chi connectivity index (χ0n) is 14.7. The van der Waals surface area contributed by atoms with E-state index in [0.717, 1.165) is 42.1 Å². The molecule has 0 aliphatic carbocycles. The Morgan fingerprint density at radius 3 is 2.70 bits per heavy atom. The van der Waals surface area contributed by atoms with Crippen LogP contribution in [0.4, 0.5) is 5.69 Å². The minimum absolute atomic E-state index is 0.0899. The number of benzene rings is 1. The number of carbonyl (C=O) groups is 1. The maximum atomic E-state index is 12.6. The van der Waals surface area contributed by atoms with Gasteiger partial charge in [-0.3, -0.25) is 9.48 Å². The van der Waals surface area contributed by atoms with Crippen molar-refractivity contribution in [1.29, 1.82) is 0 Å². The summed E-state index contributed by atoms with van der Waals surface area (Å²) in [5.41, 5.74) is 4.47. The lowest BCUT2D eigenvalue weighted by molar-refractivity contribution is 0.102. The summed E-state index contributed by atoms with van der Waals surface area (Å²) in [5, 5.41) is 7.52. The van der Waals surface area contributed by atoms with Crippen LogP contribution in [0.25, 0.3) is 0 Å². The van der Waals surface area contributed by atoms with E-state index in [1.54, 1.807) is 0 Å². The number of carbonyl (C=O) groups excluding carboxylic acids is 1. The molecule has 0 radical (unpaired) electrons. The molecule has 1 aromatic carbocycles. The first-order valence-corrected chi connectivity index (χ1v) is 8.01. The minimum atomic E-state index is -0.0899. The third kappa shape index (κ3) is 4.20. The first-order valence-electron chi connectivity index (χ1n) is 8.01. The minimum Gasteiger partial charge on any atom is -0.319 e. The van der Waals surface area contributed by atoms with Gasteiger partial charge in [-0.15, -0.1) is 0 Å². The number of aromatic nitrogens is 2.